The van der Waals surface area contributed by atoms with Crippen molar-refractivity contribution >= 4 is 11.8 Å². The van der Waals surface area contributed by atoms with Crippen molar-refractivity contribution in [3.8, 4) is 5.75 Å². The van der Waals surface area contributed by atoms with Crippen LogP contribution in [0.2, 0.25) is 0 Å². The van der Waals surface area contributed by atoms with Gasteiger partial charge in [0.2, 0.25) is 5.91 Å². The second-order valence-electron chi connectivity index (χ2n) is 4.49. The van der Waals surface area contributed by atoms with E-state index in [-0.39, 0.29) is 17.6 Å². The summed E-state index contributed by atoms with van der Waals surface area (Å²) in [5.74, 6) is -0.531. The minimum Gasteiger partial charge on any atom is -0.508 e. The standard InChI is InChI=1S/C14H20N2O3/c1-4-7-15-13(18)10(3)16-14(19)11-6-5-9(2)12(17)8-11/h5-6,8,10,17H,4,7H2,1-3H3,(H,15,18)(H,16,19). The van der Waals surface area contributed by atoms with E-state index in [0.717, 1.165) is 6.42 Å². The Balaban J connectivity index is 2.63. The van der Waals surface area contributed by atoms with Crippen molar-refractivity contribution in [1.29, 1.82) is 0 Å². The third kappa shape index (κ3) is 4.28. The lowest BCUT2D eigenvalue weighted by Crippen LogP contribution is -2.45. The lowest BCUT2D eigenvalue weighted by molar-refractivity contribution is -0.122. The first kappa shape index (κ1) is 15.0. The van der Waals surface area contributed by atoms with Crippen LogP contribution >= 0.6 is 0 Å². The molecule has 0 aliphatic carbocycles. The molecule has 0 spiro atoms. The normalized spacial score (nSPS) is 11.7. The van der Waals surface area contributed by atoms with Gasteiger partial charge in [-0.2, -0.15) is 0 Å². The van der Waals surface area contributed by atoms with Crippen molar-refractivity contribution in [2.45, 2.75) is 33.2 Å². The van der Waals surface area contributed by atoms with Gasteiger partial charge in [-0.15, -0.1) is 0 Å². The highest BCUT2D eigenvalue weighted by molar-refractivity contribution is 5.97. The Bertz CT molecular complexity index is 472. The van der Waals surface area contributed by atoms with Crippen molar-refractivity contribution in [2.24, 2.45) is 0 Å². The van der Waals surface area contributed by atoms with Crippen molar-refractivity contribution in [2.75, 3.05) is 6.54 Å². The maximum atomic E-state index is 11.9. The second-order valence-corrected chi connectivity index (χ2v) is 4.49. The van der Waals surface area contributed by atoms with Crippen LogP contribution in [0, 0.1) is 6.92 Å². The molecule has 5 nitrogen and oxygen atoms in total. The second kappa shape index (κ2) is 6.78. The maximum Gasteiger partial charge on any atom is 0.252 e. The van der Waals surface area contributed by atoms with Crippen molar-refractivity contribution in [3.05, 3.63) is 29.3 Å². The van der Waals surface area contributed by atoms with Crippen LogP contribution in [-0.4, -0.2) is 29.5 Å². The summed E-state index contributed by atoms with van der Waals surface area (Å²) in [6, 6.07) is 4.05. The molecular formula is C14H20N2O3. The van der Waals surface area contributed by atoms with Gasteiger partial charge in [0.1, 0.15) is 11.8 Å². The predicted octanol–water partition coefficient (Wildman–Crippen LogP) is 1.35. The van der Waals surface area contributed by atoms with Crippen LogP contribution in [-0.2, 0) is 4.79 Å². The van der Waals surface area contributed by atoms with Crippen molar-refractivity contribution in [1.82, 2.24) is 10.6 Å². The zero-order valence-electron chi connectivity index (χ0n) is 11.5. The minimum absolute atomic E-state index is 0.0655. The van der Waals surface area contributed by atoms with Gasteiger partial charge in [-0.1, -0.05) is 13.0 Å². The number of phenols is 1. The third-order valence-corrected chi connectivity index (χ3v) is 2.76. The first-order valence-corrected chi connectivity index (χ1v) is 6.34. The fourth-order valence-corrected chi connectivity index (χ4v) is 1.50. The molecule has 0 saturated carbocycles. The van der Waals surface area contributed by atoms with Crippen LogP contribution in [0.1, 0.15) is 36.2 Å². The fraction of sp³-hybridized carbons (Fsp3) is 0.429. The average Bonchev–Trinajstić information content (AvgIpc) is 2.38. The zero-order chi connectivity index (χ0) is 14.4. The van der Waals surface area contributed by atoms with Crippen LogP contribution in [0.25, 0.3) is 0 Å². The molecule has 0 aliphatic heterocycles. The lowest BCUT2D eigenvalue weighted by Gasteiger charge is -2.14. The first-order chi connectivity index (χ1) is 8.95. The predicted molar refractivity (Wildman–Crippen MR) is 73.1 cm³/mol. The monoisotopic (exact) mass is 264 g/mol. The number of benzene rings is 1. The van der Waals surface area contributed by atoms with E-state index in [1.54, 1.807) is 26.0 Å². The molecule has 1 aromatic carbocycles. The molecule has 1 rings (SSSR count). The summed E-state index contributed by atoms with van der Waals surface area (Å²) < 4.78 is 0. The number of hydrogen-bond donors (Lipinski definition) is 3. The summed E-state index contributed by atoms with van der Waals surface area (Å²) in [5, 5.41) is 14.8. The van der Waals surface area contributed by atoms with Gasteiger partial charge in [-0.3, -0.25) is 9.59 Å². The van der Waals surface area contributed by atoms with Crippen LogP contribution in [0.15, 0.2) is 18.2 Å². The van der Waals surface area contributed by atoms with Gasteiger partial charge in [0.05, 0.1) is 0 Å². The molecule has 104 valence electrons. The molecule has 1 aromatic rings. The Hall–Kier alpha value is -2.04. The molecule has 0 heterocycles. The summed E-state index contributed by atoms with van der Waals surface area (Å²) in [4.78, 5) is 23.5. The van der Waals surface area contributed by atoms with Gasteiger partial charge >= 0.3 is 0 Å². The highest BCUT2D eigenvalue weighted by atomic mass is 16.3. The maximum absolute atomic E-state index is 11.9. The molecular weight excluding hydrogens is 244 g/mol. The van der Waals surface area contributed by atoms with E-state index in [2.05, 4.69) is 10.6 Å². The van der Waals surface area contributed by atoms with Crippen molar-refractivity contribution in [3.63, 3.8) is 0 Å². The molecule has 0 fully saturated rings. The number of hydrogen-bond acceptors (Lipinski definition) is 3. The van der Waals surface area contributed by atoms with E-state index in [1.165, 1.54) is 6.07 Å². The number of rotatable bonds is 5. The van der Waals surface area contributed by atoms with Gasteiger partial charge in [-0.05, 0) is 38.0 Å². The molecule has 0 radical (unpaired) electrons. The molecule has 0 saturated heterocycles. The minimum atomic E-state index is -0.609. The van der Waals surface area contributed by atoms with Gasteiger partial charge in [-0.25, -0.2) is 0 Å². The van der Waals surface area contributed by atoms with Crippen LogP contribution in [0.4, 0.5) is 0 Å². The SMILES string of the molecule is CCCNC(=O)C(C)NC(=O)c1ccc(C)c(O)c1. The van der Waals surface area contributed by atoms with E-state index in [4.69, 9.17) is 0 Å². The summed E-state index contributed by atoms with van der Waals surface area (Å²) in [7, 11) is 0. The van der Waals surface area contributed by atoms with Crippen LogP contribution in [0.5, 0.6) is 5.75 Å². The quantitative estimate of drug-likeness (QED) is 0.751. The van der Waals surface area contributed by atoms with E-state index in [9.17, 15) is 14.7 Å². The Labute approximate surface area is 113 Å². The average molecular weight is 264 g/mol. The Morgan fingerprint density at radius 1 is 1.37 bits per heavy atom. The summed E-state index contributed by atoms with van der Waals surface area (Å²) in [6.07, 6.45) is 0.845. The van der Waals surface area contributed by atoms with Gasteiger partial charge in [0.25, 0.3) is 5.91 Å². The Morgan fingerprint density at radius 3 is 2.63 bits per heavy atom. The van der Waals surface area contributed by atoms with E-state index >= 15 is 0 Å². The highest BCUT2D eigenvalue weighted by Gasteiger charge is 2.16. The topological polar surface area (TPSA) is 78.4 Å². The lowest BCUT2D eigenvalue weighted by atomic mass is 10.1. The number of aryl methyl sites for hydroxylation is 1. The largest absolute Gasteiger partial charge is 0.508 e. The Morgan fingerprint density at radius 2 is 2.05 bits per heavy atom. The molecule has 0 aliphatic rings. The number of nitrogens with one attached hydrogen (secondary N) is 2. The van der Waals surface area contributed by atoms with E-state index < -0.39 is 6.04 Å². The summed E-state index contributed by atoms with van der Waals surface area (Å²) in [6.45, 7) is 5.91. The van der Waals surface area contributed by atoms with Crippen LogP contribution in [0.3, 0.4) is 0 Å². The van der Waals surface area contributed by atoms with Crippen molar-refractivity contribution < 1.29 is 14.7 Å². The fourth-order valence-electron chi connectivity index (χ4n) is 1.50. The number of aromatic hydroxyl groups is 1. The molecule has 0 aromatic heterocycles. The molecule has 1 unspecified atom stereocenters. The first-order valence-electron chi connectivity index (χ1n) is 6.34. The smallest absolute Gasteiger partial charge is 0.252 e. The van der Waals surface area contributed by atoms with Gasteiger partial charge in [0, 0.05) is 12.1 Å². The van der Waals surface area contributed by atoms with Gasteiger partial charge < -0.3 is 15.7 Å². The zero-order valence-corrected chi connectivity index (χ0v) is 11.5. The number of phenolic OH excluding ortho intramolecular Hbond substituents is 1. The Kier molecular flexibility index (Phi) is 5.36. The molecule has 1 atom stereocenters. The molecule has 19 heavy (non-hydrogen) atoms. The summed E-state index contributed by atoms with van der Waals surface area (Å²) >= 11 is 0. The van der Waals surface area contributed by atoms with E-state index in [0.29, 0.717) is 17.7 Å². The molecule has 0 bridgehead atoms. The molecule has 3 N–H and O–H groups in total. The summed E-state index contributed by atoms with van der Waals surface area (Å²) in [5.41, 5.74) is 1.03. The highest BCUT2D eigenvalue weighted by Crippen LogP contribution is 2.17. The number of amides is 2. The number of carbonyl (C=O) groups excluding carboxylic acids is 2. The van der Waals surface area contributed by atoms with E-state index in [1.807, 2.05) is 6.92 Å². The molecule has 2 amide bonds. The third-order valence-electron chi connectivity index (χ3n) is 2.76. The van der Waals surface area contributed by atoms with Gasteiger partial charge in [0.15, 0.2) is 0 Å². The number of carbonyl (C=O) groups is 2. The molecule has 5 heteroatoms. The van der Waals surface area contributed by atoms with Crippen LogP contribution < -0.4 is 10.6 Å².